The van der Waals surface area contributed by atoms with Gasteiger partial charge in [0.2, 0.25) is 11.5 Å². The summed E-state index contributed by atoms with van der Waals surface area (Å²) in [4.78, 5) is 0. The largest absolute Gasteiger partial charge is 0.502 e. The maximum Gasteiger partial charge on any atom is 0.207 e. The minimum Gasteiger partial charge on any atom is -0.502 e. The van der Waals surface area contributed by atoms with E-state index in [4.69, 9.17) is 14.2 Å². The summed E-state index contributed by atoms with van der Waals surface area (Å²) in [5.41, 5.74) is 0. The molecule has 0 saturated carbocycles. The summed E-state index contributed by atoms with van der Waals surface area (Å²) in [6, 6.07) is 3.41. The lowest BCUT2D eigenvalue weighted by Crippen LogP contribution is -2.00. The van der Waals surface area contributed by atoms with Gasteiger partial charge in [0.15, 0.2) is 11.5 Å². The SMILES string of the molecule is CCOc1ccc(OCC)c(OCC)c1O. The van der Waals surface area contributed by atoms with Gasteiger partial charge in [0.1, 0.15) is 0 Å². The van der Waals surface area contributed by atoms with Crippen LogP contribution in [0.2, 0.25) is 0 Å². The number of phenols is 1. The van der Waals surface area contributed by atoms with E-state index < -0.39 is 0 Å². The molecule has 0 aromatic heterocycles. The molecule has 1 aromatic carbocycles. The van der Waals surface area contributed by atoms with Crippen LogP contribution in [-0.2, 0) is 0 Å². The highest BCUT2D eigenvalue weighted by molar-refractivity contribution is 5.58. The second-order valence-corrected chi connectivity index (χ2v) is 3.04. The third-order valence-corrected chi connectivity index (χ3v) is 1.95. The summed E-state index contributed by atoms with van der Waals surface area (Å²) in [6.45, 7) is 7.06. The normalized spacial score (nSPS) is 9.94. The van der Waals surface area contributed by atoms with E-state index in [1.54, 1.807) is 12.1 Å². The van der Waals surface area contributed by atoms with Crippen LogP contribution in [0.1, 0.15) is 20.8 Å². The maximum absolute atomic E-state index is 9.93. The summed E-state index contributed by atoms with van der Waals surface area (Å²) in [5, 5.41) is 9.93. The number of aromatic hydroxyl groups is 1. The molecule has 1 N–H and O–H groups in total. The van der Waals surface area contributed by atoms with Crippen molar-refractivity contribution in [1.82, 2.24) is 0 Å². The Labute approximate surface area is 95.8 Å². The first-order valence-electron chi connectivity index (χ1n) is 5.48. The van der Waals surface area contributed by atoms with Crippen LogP contribution >= 0.6 is 0 Å². The van der Waals surface area contributed by atoms with E-state index in [0.29, 0.717) is 37.1 Å². The van der Waals surface area contributed by atoms with Crippen molar-refractivity contribution in [3.8, 4) is 23.0 Å². The van der Waals surface area contributed by atoms with Crippen molar-refractivity contribution in [3.05, 3.63) is 12.1 Å². The molecule has 0 radical (unpaired) electrons. The molecule has 0 atom stereocenters. The smallest absolute Gasteiger partial charge is 0.207 e. The monoisotopic (exact) mass is 226 g/mol. The van der Waals surface area contributed by atoms with Crippen molar-refractivity contribution < 1.29 is 19.3 Å². The van der Waals surface area contributed by atoms with Gasteiger partial charge >= 0.3 is 0 Å². The van der Waals surface area contributed by atoms with Gasteiger partial charge in [-0.25, -0.2) is 0 Å². The highest BCUT2D eigenvalue weighted by Crippen LogP contribution is 2.43. The molecule has 1 aromatic rings. The maximum atomic E-state index is 9.93. The Bertz CT molecular complexity index is 336. The average molecular weight is 226 g/mol. The van der Waals surface area contributed by atoms with Gasteiger partial charge in [0.05, 0.1) is 19.8 Å². The summed E-state index contributed by atoms with van der Waals surface area (Å²) >= 11 is 0. The lowest BCUT2D eigenvalue weighted by atomic mass is 10.2. The molecular formula is C12H18O4. The highest BCUT2D eigenvalue weighted by atomic mass is 16.5. The Morgan fingerprint density at radius 2 is 1.38 bits per heavy atom. The van der Waals surface area contributed by atoms with Crippen molar-refractivity contribution >= 4 is 0 Å². The molecule has 4 nitrogen and oxygen atoms in total. The third kappa shape index (κ3) is 2.72. The Morgan fingerprint density at radius 1 is 0.875 bits per heavy atom. The predicted molar refractivity (Wildman–Crippen MR) is 61.6 cm³/mol. The minimum absolute atomic E-state index is 0.00495. The van der Waals surface area contributed by atoms with E-state index in [2.05, 4.69) is 0 Å². The second-order valence-electron chi connectivity index (χ2n) is 3.04. The van der Waals surface area contributed by atoms with Crippen LogP contribution in [0.25, 0.3) is 0 Å². The van der Waals surface area contributed by atoms with Gasteiger partial charge in [-0.2, -0.15) is 0 Å². The van der Waals surface area contributed by atoms with Gasteiger partial charge in [-0.3, -0.25) is 0 Å². The molecule has 0 heterocycles. The summed E-state index contributed by atoms with van der Waals surface area (Å²) in [5.74, 6) is 1.28. The van der Waals surface area contributed by atoms with Crippen LogP contribution in [0.15, 0.2) is 12.1 Å². The fraction of sp³-hybridized carbons (Fsp3) is 0.500. The zero-order valence-corrected chi connectivity index (χ0v) is 9.95. The van der Waals surface area contributed by atoms with Gasteiger partial charge in [-0.05, 0) is 32.9 Å². The Hall–Kier alpha value is -1.58. The van der Waals surface area contributed by atoms with Crippen LogP contribution in [0, 0.1) is 0 Å². The van der Waals surface area contributed by atoms with E-state index >= 15 is 0 Å². The number of hydrogen-bond donors (Lipinski definition) is 1. The molecule has 0 spiro atoms. The van der Waals surface area contributed by atoms with Crippen molar-refractivity contribution in [1.29, 1.82) is 0 Å². The number of benzene rings is 1. The van der Waals surface area contributed by atoms with E-state index in [9.17, 15) is 5.11 Å². The Kier molecular flexibility index (Phi) is 4.76. The Morgan fingerprint density at radius 3 is 1.94 bits per heavy atom. The summed E-state index contributed by atoms with van der Waals surface area (Å²) < 4.78 is 16.0. The number of phenolic OH excluding ortho intramolecular Hbond substituents is 1. The lowest BCUT2D eigenvalue weighted by molar-refractivity contribution is 0.263. The fourth-order valence-electron chi connectivity index (χ4n) is 1.36. The molecular weight excluding hydrogens is 208 g/mol. The minimum atomic E-state index is -0.00495. The molecule has 1 rings (SSSR count). The quantitative estimate of drug-likeness (QED) is 0.810. The van der Waals surface area contributed by atoms with Crippen molar-refractivity contribution in [2.75, 3.05) is 19.8 Å². The first kappa shape index (κ1) is 12.5. The van der Waals surface area contributed by atoms with Gasteiger partial charge in [-0.15, -0.1) is 0 Å². The molecule has 90 valence electrons. The molecule has 0 saturated heterocycles. The molecule has 0 aliphatic carbocycles. The standard InChI is InChI=1S/C12H18O4/c1-4-14-9-7-8-10(15-5-2)12(11(9)13)16-6-3/h7-8,13H,4-6H2,1-3H3. The molecule has 0 aliphatic heterocycles. The topological polar surface area (TPSA) is 47.9 Å². The van der Waals surface area contributed by atoms with Crippen LogP contribution in [0.3, 0.4) is 0 Å². The number of rotatable bonds is 6. The highest BCUT2D eigenvalue weighted by Gasteiger charge is 2.15. The molecule has 16 heavy (non-hydrogen) atoms. The van der Waals surface area contributed by atoms with E-state index in [0.717, 1.165) is 0 Å². The van der Waals surface area contributed by atoms with E-state index in [1.165, 1.54) is 0 Å². The third-order valence-electron chi connectivity index (χ3n) is 1.95. The molecule has 0 amide bonds. The second kappa shape index (κ2) is 6.10. The van der Waals surface area contributed by atoms with Gasteiger partial charge in [-0.1, -0.05) is 0 Å². The molecule has 4 heteroatoms. The van der Waals surface area contributed by atoms with Gasteiger partial charge in [0.25, 0.3) is 0 Å². The van der Waals surface area contributed by atoms with E-state index in [-0.39, 0.29) is 5.75 Å². The molecule has 0 aliphatic rings. The summed E-state index contributed by atoms with van der Waals surface area (Å²) in [6.07, 6.45) is 0. The van der Waals surface area contributed by atoms with Crippen LogP contribution < -0.4 is 14.2 Å². The van der Waals surface area contributed by atoms with Crippen molar-refractivity contribution in [2.24, 2.45) is 0 Å². The molecule has 0 bridgehead atoms. The van der Waals surface area contributed by atoms with Gasteiger partial charge in [0, 0.05) is 0 Å². The van der Waals surface area contributed by atoms with Crippen molar-refractivity contribution in [3.63, 3.8) is 0 Å². The first-order chi connectivity index (χ1) is 7.74. The number of ether oxygens (including phenoxy) is 3. The Balaban J connectivity index is 3.07. The van der Waals surface area contributed by atoms with Crippen molar-refractivity contribution in [2.45, 2.75) is 20.8 Å². The fourth-order valence-corrected chi connectivity index (χ4v) is 1.36. The van der Waals surface area contributed by atoms with E-state index in [1.807, 2.05) is 20.8 Å². The predicted octanol–water partition coefficient (Wildman–Crippen LogP) is 2.59. The molecule has 0 fully saturated rings. The average Bonchev–Trinajstić information content (AvgIpc) is 2.28. The van der Waals surface area contributed by atoms with Gasteiger partial charge < -0.3 is 19.3 Å². The molecule has 0 unspecified atom stereocenters. The van der Waals surface area contributed by atoms with Crippen LogP contribution in [0.5, 0.6) is 23.0 Å². The zero-order chi connectivity index (χ0) is 12.0. The van der Waals surface area contributed by atoms with Crippen LogP contribution in [-0.4, -0.2) is 24.9 Å². The zero-order valence-electron chi connectivity index (χ0n) is 9.95. The van der Waals surface area contributed by atoms with Crippen LogP contribution in [0.4, 0.5) is 0 Å². The number of hydrogen-bond acceptors (Lipinski definition) is 4. The summed E-state index contributed by atoms with van der Waals surface area (Å²) in [7, 11) is 0. The lowest BCUT2D eigenvalue weighted by Gasteiger charge is -2.14. The first-order valence-corrected chi connectivity index (χ1v) is 5.48.